The van der Waals surface area contributed by atoms with Gasteiger partial charge in [-0.2, -0.15) is 0 Å². The fourth-order valence-corrected chi connectivity index (χ4v) is 1.11. The first-order chi connectivity index (χ1) is 2.89. The van der Waals surface area contributed by atoms with Gasteiger partial charge < -0.3 is 0 Å². The Morgan fingerprint density at radius 1 is 1.33 bits per heavy atom. The summed E-state index contributed by atoms with van der Waals surface area (Å²) in [7, 11) is -1.22. The molecular formula is C2H6N2OP+. The molecule has 0 aliphatic carbocycles. The van der Waals surface area contributed by atoms with Crippen LogP contribution in [0.3, 0.4) is 0 Å². The molecule has 3 nitrogen and oxygen atoms in total. The number of hydrogen-bond donors (Lipinski definition) is 2. The molecule has 1 aliphatic heterocycles. The van der Waals surface area contributed by atoms with E-state index in [2.05, 4.69) is 10.2 Å². The predicted octanol–water partition coefficient (Wildman–Crippen LogP) is -0.163. The fraction of sp³-hybridized carbons (Fsp3) is 1.00. The molecular weight excluding hydrogens is 99.0 g/mol. The van der Waals surface area contributed by atoms with Gasteiger partial charge in [0.15, 0.2) is 0 Å². The second-order valence-corrected chi connectivity index (χ2v) is 2.33. The molecule has 0 aromatic rings. The largest absolute Gasteiger partial charge is 0.532 e. The van der Waals surface area contributed by atoms with E-state index in [1.165, 1.54) is 0 Å². The Morgan fingerprint density at radius 2 is 1.83 bits per heavy atom. The molecule has 0 atom stereocenters. The van der Waals surface area contributed by atoms with E-state index in [4.69, 9.17) is 0 Å². The molecule has 0 saturated carbocycles. The van der Waals surface area contributed by atoms with Crippen molar-refractivity contribution in [3.63, 3.8) is 0 Å². The van der Waals surface area contributed by atoms with E-state index in [1.807, 2.05) is 0 Å². The lowest BCUT2D eigenvalue weighted by atomic mass is 10.7. The van der Waals surface area contributed by atoms with Gasteiger partial charge in [0.05, 0.1) is 13.1 Å². The van der Waals surface area contributed by atoms with Gasteiger partial charge in [-0.15, -0.1) is 0 Å². The summed E-state index contributed by atoms with van der Waals surface area (Å²) in [6, 6.07) is 0. The summed E-state index contributed by atoms with van der Waals surface area (Å²) in [6.45, 7) is 1.68. The molecule has 1 aliphatic rings. The highest BCUT2D eigenvalue weighted by molar-refractivity contribution is 7.40. The summed E-state index contributed by atoms with van der Waals surface area (Å²) in [4.78, 5) is 0. The molecule has 0 bridgehead atoms. The van der Waals surface area contributed by atoms with Crippen molar-refractivity contribution in [2.24, 2.45) is 0 Å². The Labute approximate surface area is 37.0 Å². The Kier molecular flexibility index (Phi) is 1.15. The van der Waals surface area contributed by atoms with Crippen LogP contribution in [0.2, 0.25) is 0 Å². The first kappa shape index (κ1) is 4.19. The van der Waals surface area contributed by atoms with Gasteiger partial charge in [-0.1, -0.05) is 10.2 Å². The zero-order valence-corrected chi connectivity index (χ0v) is 4.16. The third-order valence-electron chi connectivity index (χ3n) is 0.636. The SMILES string of the molecule is O=[P+]1NCCN1. The number of rotatable bonds is 0. The first-order valence-electron chi connectivity index (χ1n) is 1.84. The summed E-state index contributed by atoms with van der Waals surface area (Å²) < 4.78 is 10.2. The smallest absolute Gasteiger partial charge is 0.0900 e. The molecule has 1 heterocycles. The van der Waals surface area contributed by atoms with Gasteiger partial charge in [0, 0.05) is 0 Å². The molecule has 0 unspecified atom stereocenters. The molecule has 0 aromatic carbocycles. The Hall–Kier alpha value is 0.0200. The van der Waals surface area contributed by atoms with Crippen LogP contribution >= 0.6 is 8.10 Å². The van der Waals surface area contributed by atoms with Gasteiger partial charge in [0.2, 0.25) is 0 Å². The van der Waals surface area contributed by atoms with E-state index < -0.39 is 8.10 Å². The lowest BCUT2D eigenvalue weighted by Crippen LogP contribution is -1.99. The molecule has 1 rings (SSSR count). The molecule has 2 N–H and O–H groups in total. The minimum atomic E-state index is -1.22. The maximum absolute atomic E-state index is 10.2. The van der Waals surface area contributed by atoms with Crippen LogP contribution in [-0.4, -0.2) is 13.1 Å². The van der Waals surface area contributed by atoms with Crippen molar-refractivity contribution < 1.29 is 4.57 Å². The van der Waals surface area contributed by atoms with Gasteiger partial charge in [-0.05, 0) is 4.57 Å². The van der Waals surface area contributed by atoms with Gasteiger partial charge in [0.25, 0.3) is 0 Å². The maximum atomic E-state index is 10.2. The molecule has 6 heavy (non-hydrogen) atoms. The van der Waals surface area contributed by atoms with Crippen molar-refractivity contribution in [3.8, 4) is 0 Å². The summed E-state index contributed by atoms with van der Waals surface area (Å²) in [5.41, 5.74) is 0. The van der Waals surface area contributed by atoms with Crippen molar-refractivity contribution in [1.29, 1.82) is 0 Å². The standard InChI is InChI=1S/C2H6N2OP/c5-6-3-1-2-4-6/h1-2H2,(H2,3,4,5)/q+1. The third-order valence-corrected chi connectivity index (χ3v) is 1.66. The highest BCUT2D eigenvalue weighted by Gasteiger charge is 2.19. The Morgan fingerprint density at radius 3 is 2.00 bits per heavy atom. The van der Waals surface area contributed by atoms with Gasteiger partial charge in [0.1, 0.15) is 0 Å². The van der Waals surface area contributed by atoms with Crippen LogP contribution in [0.1, 0.15) is 0 Å². The zero-order chi connectivity index (χ0) is 4.41. The van der Waals surface area contributed by atoms with Crippen LogP contribution in [0.15, 0.2) is 0 Å². The van der Waals surface area contributed by atoms with E-state index in [0.717, 1.165) is 13.1 Å². The summed E-state index contributed by atoms with van der Waals surface area (Å²) in [5, 5.41) is 5.44. The zero-order valence-electron chi connectivity index (χ0n) is 3.27. The van der Waals surface area contributed by atoms with Crippen molar-refractivity contribution in [1.82, 2.24) is 10.2 Å². The third kappa shape index (κ3) is 0.744. The molecule has 0 radical (unpaired) electrons. The maximum Gasteiger partial charge on any atom is 0.532 e. The normalized spacial score (nSPS) is 22.3. The monoisotopic (exact) mass is 105 g/mol. The molecule has 4 heteroatoms. The average Bonchev–Trinajstić information content (AvgIpc) is 1.86. The van der Waals surface area contributed by atoms with Crippen LogP contribution in [0.25, 0.3) is 0 Å². The quantitative estimate of drug-likeness (QED) is 0.420. The summed E-state index contributed by atoms with van der Waals surface area (Å²) in [6.07, 6.45) is 0. The van der Waals surface area contributed by atoms with E-state index in [-0.39, 0.29) is 0 Å². The van der Waals surface area contributed by atoms with E-state index in [1.54, 1.807) is 0 Å². The second-order valence-electron chi connectivity index (χ2n) is 1.11. The second kappa shape index (κ2) is 1.65. The van der Waals surface area contributed by atoms with Gasteiger partial charge >= 0.3 is 8.10 Å². The molecule has 1 fully saturated rings. The Bertz CT molecular complexity index is 65.9. The van der Waals surface area contributed by atoms with Crippen LogP contribution in [0, 0.1) is 0 Å². The number of hydrogen-bond acceptors (Lipinski definition) is 1. The van der Waals surface area contributed by atoms with E-state index >= 15 is 0 Å². The Balaban J connectivity index is 2.37. The van der Waals surface area contributed by atoms with E-state index in [9.17, 15) is 4.57 Å². The van der Waals surface area contributed by atoms with Crippen molar-refractivity contribution >= 4 is 8.10 Å². The minimum absolute atomic E-state index is 0.842. The lowest BCUT2D eigenvalue weighted by Gasteiger charge is -1.60. The highest BCUT2D eigenvalue weighted by Crippen LogP contribution is 2.08. The van der Waals surface area contributed by atoms with Gasteiger partial charge in [-0.25, -0.2) is 0 Å². The van der Waals surface area contributed by atoms with Crippen LogP contribution < -0.4 is 10.2 Å². The molecule has 1 saturated heterocycles. The highest BCUT2D eigenvalue weighted by atomic mass is 31.1. The first-order valence-corrected chi connectivity index (χ1v) is 3.10. The van der Waals surface area contributed by atoms with Gasteiger partial charge in [-0.3, -0.25) is 0 Å². The molecule has 0 aromatic heterocycles. The van der Waals surface area contributed by atoms with Crippen molar-refractivity contribution in [2.45, 2.75) is 0 Å². The predicted molar refractivity (Wildman–Crippen MR) is 23.6 cm³/mol. The topological polar surface area (TPSA) is 41.1 Å². The van der Waals surface area contributed by atoms with Crippen molar-refractivity contribution in [3.05, 3.63) is 0 Å². The summed E-state index contributed by atoms with van der Waals surface area (Å²) in [5.74, 6) is 0. The van der Waals surface area contributed by atoms with Crippen LogP contribution in [-0.2, 0) is 4.57 Å². The molecule has 34 valence electrons. The van der Waals surface area contributed by atoms with Crippen LogP contribution in [0.5, 0.6) is 0 Å². The van der Waals surface area contributed by atoms with Crippen LogP contribution in [0.4, 0.5) is 0 Å². The molecule has 0 amide bonds. The molecule has 0 spiro atoms. The lowest BCUT2D eigenvalue weighted by molar-refractivity contribution is 0.582. The average molecular weight is 105 g/mol. The minimum Gasteiger partial charge on any atom is -0.0900 e. The van der Waals surface area contributed by atoms with E-state index in [0.29, 0.717) is 0 Å². The number of nitrogens with one attached hydrogen (secondary N) is 2. The van der Waals surface area contributed by atoms with Crippen molar-refractivity contribution in [2.75, 3.05) is 13.1 Å². The fourth-order valence-electron chi connectivity index (χ4n) is 0.371. The summed E-state index contributed by atoms with van der Waals surface area (Å²) >= 11 is 0.